The van der Waals surface area contributed by atoms with Gasteiger partial charge in [0.05, 0.1) is 26.2 Å². The van der Waals surface area contributed by atoms with E-state index in [2.05, 4.69) is 17.1 Å². The lowest BCUT2D eigenvalue weighted by Gasteiger charge is -2.36. The van der Waals surface area contributed by atoms with Gasteiger partial charge in [-0.3, -0.25) is 4.79 Å². The lowest BCUT2D eigenvalue weighted by molar-refractivity contribution is -0.914. The topological polar surface area (TPSA) is 57.0 Å². The molecule has 3 N–H and O–H groups in total. The first-order chi connectivity index (χ1) is 10.1. The van der Waals surface area contributed by atoms with Crippen LogP contribution in [-0.2, 0) is 4.79 Å². The van der Waals surface area contributed by atoms with Gasteiger partial charge in [0.2, 0.25) is 0 Å². The molecule has 2 rings (SSSR count). The molecule has 0 bridgehead atoms. The number of hydrogen-bond donors (Lipinski definition) is 3. The van der Waals surface area contributed by atoms with Crippen molar-refractivity contribution in [2.24, 2.45) is 0 Å². The Labute approximate surface area is 126 Å². The Morgan fingerprint density at radius 1 is 1.33 bits per heavy atom. The van der Waals surface area contributed by atoms with Crippen molar-refractivity contribution >= 4 is 11.6 Å². The first-order valence-corrected chi connectivity index (χ1v) is 7.78. The van der Waals surface area contributed by atoms with E-state index in [0.717, 1.165) is 44.8 Å². The first kappa shape index (κ1) is 15.6. The number of phenolic OH excluding ortho intramolecular Hbond substituents is 1. The number of rotatable bonds is 5. The molecule has 1 aliphatic rings. The molecule has 1 aliphatic heterocycles. The molecule has 0 unspecified atom stereocenters. The summed E-state index contributed by atoms with van der Waals surface area (Å²) < 4.78 is 0. The zero-order valence-corrected chi connectivity index (χ0v) is 12.9. The van der Waals surface area contributed by atoms with Crippen LogP contribution in [0.3, 0.4) is 0 Å². The summed E-state index contributed by atoms with van der Waals surface area (Å²) in [7, 11) is 0. The van der Waals surface area contributed by atoms with E-state index in [1.165, 1.54) is 4.90 Å². The number of phenols is 1. The van der Waals surface area contributed by atoms with Crippen molar-refractivity contribution in [2.75, 3.05) is 37.6 Å². The van der Waals surface area contributed by atoms with E-state index < -0.39 is 0 Å². The Morgan fingerprint density at radius 3 is 2.52 bits per heavy atom. The van der Waals surface area contributed by atoms with Gasteiger partial charge in [-0.05, 0) is 37.6 Å². The van der Waals surface area contributed by atoms with E-state index in [9.17, 15) is 9.90 Å². The highest BCUT2D eigenvalue weighted by Crippen LogP contribution is 2.18. The van der Waals surface area contributed by atoms with E-state index in [1.54, 1.807) is 12.1 Å². The van der Waals surface area contributed by atoms with Crippen LogP contribution in [0.4, 0.5) is 5.69 Å². The van der Waals surface area contributed by atoms with E-state index in [-0.39, 0.29) is 11.9 Å². The number of carbonyl (C=O) groups is 1. The van der Waals surface area contributed by atoms with Gasteiger partial charge in [-0.15, -0.1) is 0 Å². The molecule has 1 fully saturated rings. The van der Waals surface area contributed by atoms with Gasteiger partial charge >= 0.3 is 0 Å². The predicted octanol–water partition coefficient (Wildman–Crippen LogP) is 0.0118. The molecular weight excluding hydrogens is 266 g/mol. The molecule has 1 aromatic carbocycles. The molecule has 5 nitrogen and oxygen atoms in total. The van der Waals surface area contributed by atoms with Gasteiger partial charge in [0.25, 0.3) is 5.91 Å². The smallest absolute Gasteiger partial charge is 0.278 e. The number of carbonyl (C=O) groups excluding carboxylic acids is 1. The molecule has 1 amide bonds. The third kappa shape index (κ3) is 4.11. The fourth-order valence-electron chi connectivity index (χ4n) is 2.74. The number of piperazine rings is 1. The van der Waals surface area contributed by atoms with Gasteiger partial charge in [-0.1, -0.05) is 6.92 Å². The maximum atomic E-state index is 12.0. The second kappa shape index (κ2) is 7.31. The van der Waals surface area contributed by atoms with Gasteiger partial charge in [-0.2, -0.15) is 0 Å². The standard InChI is InChI=1S/C16H25N3O2/c1-3-8-17-16(21)13(2)18-9-11-19(12-10-18)14-4-6-15(20)7-5-14/h4-7,13,20H,3,8-12H2,1-2H3,(H,17,21)/p+1/t13-/m1/s1. The van der Waals surface area contributed by atoms with Crippen LogP contribution in [0.15, 0.2) is 24.3 Å². The van der Waals surface area contributed by atoms with Crippen LogP contribution in [0.1, 0.15) is 20.3 Å². The van der Waals surface area contributed by atoms with Crippen molar-refractivity contribution in [1.82, 2.24) is 5.32 Å². The highest BCUT2D eigenvalue weighted by atomic mass is 16.3. The Kier molecular flexibility index (Phi) is 5.44. The highest BCUT2D eigenvalue weighted by Gasteiger charge is 2.28. The monoisotopic (exact) mass is 292 g/mol. The van der Waals surface area contributed by atoms with Crippen LogP contribution in [0.2, 0.25) is 0 Å². The highest BCUT2D eigenvalue weighted by molar-refractivity contribution is 5.79. The molecule has 21 heavy (non-hydrogen) atoms. The van der Waals surface area contributed by atoms with E-state index >= 15 is 0 Å². The number of anilines is 1. The van der Waals surface area contributed by atoms with Crippen LogP contribution in [0.5, 0.6) is 5.75 Å². The fourth-order valence-corrected chi connectivity index (χ4v) is 2.74. The number of amides is 1. The molecule has 1 aromatic rings. The third-order valence-electron chi connectivity index (χ3n) is 4.18. The molecule has 5 heteroatoms. The Morgan fingerprint density at radius 2 is 1.95 bits per heavy atom. The summed E-state index contributed by atoms with van der Waals surface area (Å²) in [4.78, 5) is 15.7. The minimum atomic E-state index is 0.0125. The van der Waals surface area contributed by atoms with Crippen LogP contribution in [0, 0.1) is 0 Å². The number of aromatic hydroxyl groups is 1. The normalized spacial score (nSPS) is 17.5. The SMILES string of the molecule is CCCNC(=O)[C@@H](C)[NH+]1CCN(c2ccc(O)cc2)CC1. The largest absolute Gasteiger partial charge is 0.508 e. The van der Waals surface area contributed by atoms with Crippen LogP contribution >= 0.6 is 0 Å². The molecule has 0 saturated carbocycles. The van der Waals surface area contributed by atoms with E-state index in [1.807, 2.05) is 19.1 Å². The average molecular weight is 292 g/mol. The molecule has 1 atom stereocenters. The van der Waals surface area contributed by atoms with Gasteiger partial charge in [0, 0.05) is 12.2 Å². The molecule has 116 valence electrons. The van der Waals surface area contributed by atoms with Crippen molar-refractivity contribution in [2.45, 2.75) is 26.3 Å². The zero-order chi connectivity index (χ0) is 15.2. The summed E-state index contributed by atoms with van der Waals surface area (Å²) in [5.74, 6) is 0.453. The number of benzene rings is 1. The van der Waals surface area contributed by atoms with E-state index in [0.29, 0.717) is 5.75 Å². The maximum Gasteiger partial charge on any atom is 0.278 e. The first-order valence-electron chi connectivity index (χ1n) is 7.78. The predicted molar refractivity (Wildman–Crippen MR) is 83.8 cm³/mol. The number of hydrogen-bond acceptors (Lipinski definition) is 3. The maximum absolute atomic E-state index is 12.0. The van der Waals surface area contributed by atoms with Crippen molar-refractivity contribution in [3.05, 3.63) is 24.3 Å². The zero-order valence-electron chi connectivity index (χ0n) is 12.9. The molecule has 0 aliphatic carbocycles. The van der Waals surface area contributed by atoms with Crippen LogP contribution in [-0.4, -0.2) is 49.8 Å². The Bertz CT molecular complexity index is 453. The lowest BCUT2D eigenvalue weighted by Crippen LogP contribution is -3.19. The van der Waals surface area contributed by atoms with Crippen LogP contribution < -0.4 is 15.1 Å². The summed E-state index contributed by atoms with van der Waals surface area (Å²) >= 11 is 0. The molecular formula is C16H26N3O2+. The summed E-state index contributed by atoms with van der Waals surface area (Å²) in [6.07, 6.45) is 0.975. The number of quaternary nitrogens is 1. The Balaban J connectivity index is 1.85. The quantitative estimate of drug-likeness (QED) is 0.717. The third-order valence-corrected chi connectivity index (χ3v) is 4.18. The van der Waals surface area contributed by atoms with Crippen molar-refractivity contribution in [3.8, 4) is 5.75 Å². The summed E-state index contributed by atoms with van der Waals surface area (Å²) in [6, 6.07) is 7.33. The lowest BCUT2D eigenvalue weighted by atomic mass is 10.2. The van der Waals surface area contributed by atoms with Crippen molar-refractivity contribution in [1.29, 1.82) is 0 Å². The second-order valence-electron chi connectivity index (χ2n) is 5.67. The van der Waals surface area contributed by atoms with Gasteiger partial charge in [0.1, 0.15) is 5.75 Å². The minimum Gasteiger partial charge on any atom is -0.508 e. The molecule has 0 radical (unpaired) electrons. The van der Waals surface area contributed by atoms with Gasteiger partial charge in [-0.25, -0.2) is 0 Å². The fraction of sp³-hybridized carbons (Fsp3) is 0.562. The summed E-state index contributed by atoms with van der Waals surface area (Å²) in [5, 5.41) is 12.3. The second-order valence-corrected chi connectivity index (χ2v) is 5.67. The van der Waals surface area contributed by atoms with Gasteiger partial charge in [0.15, 0.2) is 6.04 Å². The van der Waals surface area contributed by atoms with Crippen LogP contribution in [0.25, 0.3) is 0 Å². The molecule has 1 saturated heterocycles. The van der Waals surface area contributed by atoms with Crippen molar-refractivity contribution < 1.29 is 14.8 Å². The number of nitrogens with one attached hydrogen (secondary N) is 2. The molecule has 1 heterocycles. The summed E-state index contributed by atoms with van der Waals surface area (Å²) in [5.41, 5.74) is 1.13. The molecule has 0 spiro atoms. The number of nitrogens with zero attached hydrogens (tertiary/aromatic N) is 1. The Hall–Kier alpha value is -1.75. The van der Waals surface area contributed by atoms with Crippen molar-refractivity contribution in [3.63, 3.8) is 0 Å². The summed E-state index contributed by atoms with van der Waals surface area (Å²) in [6.45, 7) is 8.63. The molecule has 0 aromatic heterocycles. The van der Waals surface area contributed by atoms with Gasteiger partial charge < -0.3 is 20.2 Å². The average Bonchev–Trinajstić information content (AvgIpc) is 2.53. The van der Waals surface area contributed by atoms with E-state index in [4.69, 9.17) is 0 Å². The minimum absolute atomic E-state index is 0.0125.